The van der Waals surface area contributed by atoms with Crippen molar-refractivity contribution in [3.8, 4) is 0 Å². The van der Waals surface area contributed by atoms with Crippen LogP contribution in [0.15, 0.2) is 11.6 Å². The SMILES string of the molecule is CC1(C)OC2C[C@H]3[C@@H]4CCC5=CC(=O)CC[C@@H]5[C@H]4CC[C@]3(C)[C@]2(C(=O)CF)O1. The first kappa shape index (κ1) is 18.9. The van der Waals surface area contributed by atoms with E-state index in [0.29, 0.717) is 30.1 Å². The second-order valence-corrected chi connectivity index (χ2v) is 10.4. The molecule has 4 nitrogen and oxygen atoms in total. The van der Waals surface area contributed by atoms with E-state index in [0.717, 1.165) is 38.5 Å². The number of rotatable bonds is 2. The smallest absolute Gasteiger partial charge is 0.198 e. The zero-order valence-electron chi connectivity index (χ0n) is 17.1. The first-order valence-corrected chi connectivity index (χ1v) is 10.9. The summed E-state index contributed by atoms with van der Waals surface area (Å²) in [7, 11) is 0. The molecule has 0 aromatic rings. The fraction of sp³-hybridized carbons (Fsp3) is 0.826. The third kappa shape index (κ3) is 2.29. The Hall–Kier alpha value is -1.07. The van der Waals surface area contributed by atoms with Crippen LogP contribution in [0.2, 0.25) is 0 Å². The lowest BCUT2D eigenvalue weighted by Gasteiger charge is -2.55. The fourth-order valence-electron chi connectivity index (χ4n) is 7.88. The molecule has 0 aromatic carbocycles. The standard InChI is InChI=1S/C23H31FO4/c1-21(2)27-20-11-18-17-6-4-13-10-14(25)5-7-15(13)16(17)8-9-22(18,3)23(20,28-21)19(26)12-24/h10,15-18,20H,4-9,11-12H2,1-3H3/t15-,16+,17+,18-,20?,22-,23+/m0/s1. The van der Waals surface area contributed by atoms with Crippen molar-refractivity contribution < 1.29 is 23.5 Å². The summed E-state index contributed by atoms with van der Waals surface area (Å²) < 4.78 is 26.2. The van der Waals surface area contributed by atoms with Crippen molar-refractivity contribution in [2.24, 2.45) is 29.1 Å². The summed E-state index contributed by atoms with van der Waals surface area (Å²) in [6.45, 7) is 4.82. The van der Waals surface area contributed by atoms with Crippen LogP contribution >= 0.6 is 0 Å². The highest BCUT2D eigenvalue weighted by atomic mass is 19.1. The number of carbonyl (C=O) groups is 2. The lowest BCUT2D eigenvalue weighted by atomic mass is 9.50. The Morgan fingerprint density at radius 3 is 2.71 bits per heavy atom. The highest BCUT2D eigenvalue weighted by Gasteiger charge is 2.75. The minimum atomic E-state index is -1.15. The molecule has 1 saturated heterocycles. The Morgan fingerprint density at radius 2 is 1.96 bits per heavy atom. The fourth-order valence-corrected chi connectivity index (χ4v) is 7.88. The summed E-state index contributed by atoms with van der Waals surface area (Å²) in [5.41, 5.74) is -0.191. The Labute approximate surface area is 166 Å². The highest BCUT2D eigenvalue weighted by molar-refractivity contribution is 5.92. The van der Waals surface area contributed by atoms with Gasteiger partial charge >= 0.3 is 0 Å². The average Bonchev–Trinajstić information content (AvgIpc) is 3.06. The molecule has 1 heterocycles. The molecule has 28 heavy (non-hydrogen) atoms. The first-order chi connectivity index (χ1) is 13.2. The van der Waals surface area contributed by atoms with Crippen molar-refractivity contribution in [1.82, 2.24) is 0 Å². The number of fused-ring (bicyclic) bond motifs is 7. The van der Waals surface area contributed by atoms with Gasteiger partial charge in [0.05, 0.1) is 6.10 Å². The zero-order chi connectivity index (χ0) is 19.9. The average molecular weight is 390 g/mol. The molecule has 4 fully saturated rings. The molecule has 0 amide bonds. The van der Waals surface area contributed by atoms with Gasteiger partial charge in [-0.15, -0.1) is 0 Å². The number of carbonyl (C=O) groups excluding carboxylic acids is 2. The van der Waals surface area contributed by atoms with Crippen LogP contribution in [0.25, 0.3) is 0 Å². The maximum atomic E-state index is 13.7. The summed E-state index contributed by atoms with van der Waals surface area (Å²) in [6.07, 6.45) is 7.86. The van der Waals surface area contributed by atoms with Crippen LogP contribution in [0, 0.1) is 29.1 Å². The number of Topliss-reactive ketones (excluding diaryl/α,β-unsaturated/α-hetero) is 1. The van der Waals surface area contributed by atoms with E-state index in [1.807, 2.05) is 19.9 Å². The van der Waals surface area contributed by atoms with Gasteiger partial charge in [0.2, 0.25) is 0 Å². The van der Waals surface area contributed by atoms with Crippen LogP contribution in [0.3, 0.4) is 0 Å². The molecule has 0 bridgehead atoms. The summed E-state index contributed by atoms with van der Waals surface area (Å²) in [5, 5.41) is 0. The minimum absolute atomic E-state index is 0.275. The van der Waals surface area contributed by atoms with Crippen LogP contribution in [0.5, 0.6) is 0 Å². The summed E-state index contributed by atoms with van der Waals surface area (Å²) in [4.78, 5) is 24.8. The van der Waals surface area contributed by atoms with Crippen LogP contribution in [-0.2, 0) is 19.1 Å². The van der Waals surface area contributed by atoms with Gasteiger partial charge in [-0.25, -0.2) is 4.39 Å². The van der Waals surface area contributed by atoms with Gasteiger partial charge in [-0.2, -0.15) is 0 Å². The monoisotopic (exact) mass is 390 g/mol. The molecule has 5 aliphatic rings. The molecule has 4 aliphatic carbocycles. The molecular formula is C23H31FO4. The zero-order valence-corrected chi connectivity index (χ0v) is 17.1. The van der Waals surface area contributed by atoms with Gasteiger partial charge in [-0.3, -0.25) is 9.59 Å². The quantitative estimate of drug-likeness (QED) is 0.710. The number of halogens is 1. The largest absolute Gasteiger partial charge is 0.344 e. The lowest BCUT2D eigenvalue weighted by molar-refractivity contribution is -0.213. The number of ether oxygens (including phenoxy) is 2. The Balaban J connectivity index is 1.51. The first-order valence-electron chi connectivity index (χ1n) is 10.9. The third-order valence-corrected chi connectivity index (χ3v) is 8.83. The maximum absolute atomic E-state index is 13.7. The number of ketones is 2. The molecule has 3 saturated carbocycles. The van der Waals surface area contributed by atoms with Gasteiger partial charge in [0.15, 0.2) is 29.6 Å². The van der Waals surface area contributed by atoms with Gasteiger partial charge < -0.3 is 9.47 Å². The second-order valence-electron chi connectivity index (χ2n) is 10.4. The van der Waals surface area contributed by atoms with Gasteiger partial charge in [0.25, 0.3) is 0 Å². The third-order valence-electron chi connectivity index (χ3n) is 8.83. The molecule has 0 radical (unpaired) electrons. The number of allylic oxidation sites excluding steroid dienone is 1. The lowest BCUT2D eigenvalue weighted by Crippen LogP contribution is -2.60. The van der Waals surface area contributed by atoms with E-state index < -0.39 is 23.8 Å². The number of hydrogen-bond acceptors (Lipinski definition) is 4. The summed E-state index contributed by atoms with van der Waals surface area (Å²) in [6, 6.07) is 0. The predicted octanol–water partition coefficient (Wildman–Crippen LogP) is 4.17. The molecule has 1 aliphatic heterocycles. The van der Waals surface area contributed by atoms with Crippen LogP contribution in [0.4, 0.5) is 4.39 Å². The van der Waals surface area contributed by atoms with Crippen molar-refractivity contribution in [2.45, 2.75) is 83.2 Å². The van der Waals surface area contributed by atoms with E-state index in [-0.39, 0.29) is 17.3 Å². The van der Waals surface area contributed by atoms with E-state index >= 15 is 0 Å². The summed E-state index contributed by atoms with van der Waals surface area (Å²) in [5.74, 6) is 0.861. The van der Waals surface area contributed by atoms with E-state index in [2.05, 4.69) is 6.92 Å². The van der Waals surface area contributed by atoms with Crippen molar-refractivity contribution in [1.29, 1.82) is 0 Å². The van der Waals surface area contributed by atoms with E-state index in [9.17, 15) is 14.0 Å². The highest BCUT2D eigenvalue weighted by Crippen LogP contribution is 2.68. The van der Waals surface area contributed by atoms with E-state index in [1.54, 1.807) is 0 Å². The van der Waals surface area contributed by atoms with Crippen molar-refractivity contribution >= 4 is 11.6 Å². The minimum Gasteiger partial charge on any atom is -0.344 e. The molecule has 0 spiro atoms. The van der Waals surface area contributed by atoms with Crippen LogP contribution < -0.4 is 0 Å². The Bertz CT molecular complexity index is 758. The Kier molecular flexibility index (Phi) is 4.04. The second kappa shape index (κ2) is 5.98. The maximum Gasteiger partial charge on any atom is 0.198 e. The topological polar surface area (TPSA) is 52.6 Å². The molecular weight excluding hydrogens is 359 g/mol. The molecule has 7 atom stereocenters. The predicted molar refractivity (Wildman–Crippen MR) is 101 cm³/mol. The summed E-state index contributed by atoms with van der Waals surface area (Å²) >= 11 is 0. The van der Waals surface area contributed by atoms with Crippen molar-refractivity contribution in [3.05, 3.63) is 11.6 Å². The van der Waals surface area contributed by atoms with Crippen LogP contribution in [0.1, 0.15) is 65.7 Å². The van der Waals surface area contributed by atoms with Gasteiger partial charge in [-0.05, 0) is 82.1 Å². The molecule has 5 heteroatoms. The van der Waals surface area contributed by atoms with Crippen molar-refractivity contribution in [2.75, 3.05) is 6.67 Å². The number of hydrogen-bond donors (Lipinski definition) is 0. The molecule has 154 valence electrons. The van der Waals surface area contributed by atoms with E-state index in [4.69, 9.17) is 9.47 Å². The van der Waals surface area contributed by atoms with Crippen LogP contribution in [-0.4, -0.2) is 35.7 Å². The van der Waals surface area contributed by atoms with Crippen molar-refractivity contribution in [3.63, 3.8) is 0 Å². The van der Waals surface area contributed by atoms with Gasteiger partial charge in [0, 0.05) is 11.8 Å². The van der Waals surface area contributed by atoms with Gasteiger partial charge in [-0.1, -0.05) is 12.5 Å². The Morgan fingerprint density at radius 1 is 1.18 bits per heavy atom. The number of alkyl halides is 1. The molecule has 5 rings (SSSR count). The molecule has 1 unspecified atom stereocenters. The van der Waals surface area contributed by atoms with Gasteiger partial charge in [0.1, 0.15) is 0 Å². The molecule has 0 aromatic heterocycles. The molecule has 0 N–H and O–H groups in total. The normalized spacial score (nSPS) is 48.9. The van der Waals surface area contributed by atoms with E-state index in [1.165, 1.54) is 5.57 Å².